The molecule has 0 bridgehead atoms. The Hall–Kier alpha value is -3.45. The molecule has 31 heavy (non-hydrogen) atoms. The number of anilines is 2. The summed E-state index contributed by atoms with van der Waals surface area (Å²) in [6.07, 6.45) is 1.09. The number of benzene rings is 2. The maximum atomic E-state index is 12.3. The van der Waals surface area contributed by atoms with Crippen molar-refractivity contribution in [2.24, 2.45) is 0 Å². The zero-order valence-corrected chi connectivity index (χ0v) is 18.0. The van der Waals surface area contributed by atoms with Crippen molar-refractivity contribution in [1.29, 1.82) is 0 Å². The van der Waals surface area contributed by atoms with Crippen LogP contribution in [0.3, 0.4) is 0 Å². The Kier molecular flexibility index (Phi) is 7.95. The molecule has 0 fully saturated rings. The van der Waals surface area contributed by atoms with Gasteiger partial charge in [-0.2, -0.15) is 0 Å². The molecule has 0 unspecified atom stereocenters. The third-order valence-electron chi connectivity index (χ3n) is 4.38. The third kappa shape index (κ3) is 6.79. The van der Waals surface area contributed by atoms with E-state index in [1.165, 1.54) is 11.3 Å². The molecule has 0 saturated heterocycles. The van der Waals surface area contributed by atoms with Gasteiger partial charge in [-0.05, 0) is 60.3 Å². The highest BCUT2D eigenvalue weighted by Crippen LogP contribution is 2.19. The minimum Gasteiger partial charge on any atom is -0.494 e. The third-order valence-corrected chi connectivity index (χ3v) is 5.25. The van der Waals surface area contributed by atoms with Crippen molar-refractivity contribution in [3.05, 3.63) is 76.5 Å². The SMILES string of the molecule is CCCOc1ccc(C(=O)CCC(=O)Nc2cccc(NC(=O)c3cccs3)c2)cc1. The van der Waals surface area contributed by atoms with Crippen LogP contribution >= 0.6 is 11.3 Å². The molecule has 160 valence electrons. The highest BCUT2D eigenvalue weighted by Gasteiger charge is 2.11. The van der Waals surface area contributed by atoms with Crippen LogP contribution in [-0.4, -0.2) is 24.2 Å². The largest absolute Gasteiger partial charge is 0.494 e. The molecule has 0 saturated carbocycles. The molecule has 1 heterocycles. The lowest BCUT2D eigenvalue weighted by atomic mass is 10.1. The Balaban J connectivity index is 1.49. The smallest absolute Gasteiger partial charge is 0.265 e. The van der Waals surface area contributed by atoms with Crippen LogP contribution in [0, 0.1) is 0 Å². The molecule has 6 nitrogen and oxygen atoms in total. The summed E-state index contributed by atoms with van der Waals surface area (Å²) in [6, 6.07) is 17.4. The Labute approximate surface area is 185 Å². The Morgan fingerprint density at radius 3 is 2.32 bits per heavy atom. The van der Waals surface area contributed by atoms with Gasteiger partial charge in [-0.25, -0.2) is 0 Å². The van der Waals surface area contributed by atoms with Gasteiger partial charge in [0.25, 0.3) is 5.91 Å². The van der Waals surface area contributed by atoms with Gasteiger partial charge < -0.3 is 15.4 Å². The second kappa shape index (κ2) is 11.1. The Bertz CT molecular complexity index is 1030. The van der Waals surface area contributed by atoms with E-state index < -0.39 is 0 Å². The van der Waals surface area contributed by atoms with Gasteiger partial charge in [-0.1, -0.05) is 19.1 Å². The van der Waals surface area contributed by atoms with Crippen LogP contribution in [0.5, 0.6) is 5.75 Å². The van der Waals surface area contributed by atoms with Gasteiger partial charge >= 0.3 is 0 Å². The molecule has 7 heteroatoms. The number of hydrogen-bond donors (Lipinski definition) is 2. The maximum absolute atomic E-state index is 12.3. The second-order valence-corrected chi connectivity index (χ2v) is 7.80. The van der Waals surface area contributed by atoms with Crippen LogP contribution in [-0.2, 0) is 4.79 Å². The summed E-state index contributed by atoms with van der Waals surface area (Å²) < 4.78 is 5.51. The van der Waals surface area contributed by atoms with Gasteiger partial charge in [0, 0.05) is 29.8 Å². The molecule has 2 amide bonds. The van der Waals surface area contributed by atoms with E-state index in [1.54, 1.807) is 54.6 Å². The number of carbonyl (C=O) groups is 3. The second-order valence-electron chi connectivity index (χ2n) is 6.86. The van der Waals surface area contributed by atoms with Crippen molar-refractivity contribution in [2.75, 3.05) is 17.2 Å². The van der Waals surface area contributed by atoms with Crippen LogP contribution < -0.4 is 15.4 Å². The fourth-order valence-corrected chi connectivity index (χ4v) is 3.45. The first kappa shape index (κ1) is 22.2. The zero-order valence-electron chi connectivity index (χ0n) is 17.2. The average molecular weight is 437 g/mol. The van der Waals surface area contributed by atoms with E-state index in [-0.39, 0.29) is 30.4 Å². The van der Waals surface area contributed by atoms with Crippen molar-refractivity contribution >= 4 is 40.3 Å². The lowest BCUT2D eigenvalue weighted by Gasteiger charge is -2.09. The minimum absolute atomic E-state index is 0.0682. The predicted octanol–water partition coefficient (Wildman–Crippen LogP) is 5.39. The lowest BCUT2D eigenvalue weighted by molar-refractivity contribution is -0.116. The lowest BCUT2D eigenvalue weighted by Crippen LogP contribution is -2.14. The molecule has 0 radical (unpaired) electrons. The predicted molar refractivity (Wildman–Crippen MR) is 123 cm³/mol. The van der Waals surface area contributed by atoms with Crippen molar-refractivity contribution < 1.29 is 19.1 Å². The summed E-state index contributed by atoms with van der Waals surface area (Å²) in [5.74, 6) is 0.157. The summed E-state index contributed by atoms with van der Waals surface area (Å²) in [6.45, 7) is 2.66. The number of ketones is 1. The molecule has 3 rings (SSSR count). The molecule has 0 spiro atoms. The average Bonchev–Trinajstić information content (AvgIpc) is 3.32. The maximum Gasteiger partial charge on any atom is 0.265 e. The molecule has 1 aromatic heterocycles. The van der Waals surface area contributed by atoms with Crippen molar-refractivity contribution in [3.63, 3.8) is 0 Å². The van der Waals surface area contributed by atoms with E-state index in [2.05, 4.69) is 10.6 Å². The van der Waals surface area contributed by atoms with E-state index in [1.807, 2.05) is 18.4 Å². The van der Waals surface area contributed by atoms with Gasteiger partial charge in [0.15, 0.2) is 5.78 Å². The number of rotatable bonds is 10. The molecule has 2 aromatic carbocycles. The van der Waals surface area contributed by atoms with Crippen LogP contribution in [0.25, 0.3) is 0 Å². The van der Waals surface area contributed by atoms with E-state index in [0.717, 1.165) is 12.2 Å². The van der Waals surface area contributed by atoms with Crippen molar-refractivity contribution in [3.8, 4) is 5.75 Å². The molecule has 0 atom stereocenters. The topological polar surface area (TPSA) is 84.5 Å². The number of amides is 2. The molecular formula is C24H24N2O4S. The van der Waals surface area contributed by atoms with Crippen LogP contribution in [0.1, 0.15) is 46.2 Å². The molecule has 0 aliphatic rings. The van der Waals surface area contributed by atoms with Crippen LogP contribution in [0.4, 0.5) is 11.4 Å². The molecule has 0 aliphatic carbocycles. The van der Waals surface area contributed by atoms with Crippen LogP contribution in [0.2, 0.25) is 0 Å². The van der Waals surface area contributed by atoms with Gasteiger partial charge in [0.1, 0.15) is 5.75 Å². The van der Waals surface area contributed by atoms with Crippen molar-refractivity contribution in [2.45, 2.75) is 26.2 Å². The summed E-state index contributed by atoms with van der Waals surface area (Å²) in [5.41, 5.74) is 1.69. The molecule has 3 aromatic rings. The number of ether oxygens (including phenoxy) is 1. The Morgan fingerprint density at radius 2 is 1.65 bits per heavy atom. The number of Topliss-reactive ketones (excluding diaryl/α,β-unsaturated/α-hetero) is 1. The number of nitrogens with one attached hydrogen (secondary N) is 2. The summed E-state index contributed by atoms with van der Waals surface area (Å²) in [4.78, 5) is 37.4. The summed E-state index contributed by atoms with van der Waals surface area (Å²) in [7, 11) is 0. The van der Waals surface area contributed by atoms with E-state index >= 15 is 0 Å². The number of hydrogen-bond acceptors (Lipinski definition) is 5. The quantitative estimate of drug-likeness (QED) is 0.417. The highest BCUT2D eigenvalue weighted by molar-refractivity contribution is 7.12. The summed E-state index contributed by atoms with van der Waals surface area (Å²) >= 11 is 1.36. The van der Waals surface area contributed by atoms with E-state index in [9.17, 15) is 14.4 Å². The van der Waals surface area contributed by atoms with Crippen molar-refractivity contribution in [1.82, 2.24) is 0 Å². The highest BCUT2D eigenvalue weighted by atomic mass is 32.1. The van der Waals surface area contributed by atoms with Crippen LogP contribution in [0.15, 0.2) is 66.0 Å². The van der Waals surface area contributed by atoms with Gasteiger partial charge in [0.2, 0.25) is 5.91 Å². The normalized spacial score (nSPS) is 10.4. The number of carbonyl (C=O) groups excluding carboxylic acids is 3. The minimum atomic E-state index is -0.266. The fraction of sp³-hybridized carbons (Fsp3) is 0.208. The first-order valence-electron chi connectivity index (χ1n) is 10.1. The Morgan fingerprint density at radius 1 is 0.903 bits per heavy atom. The first-order valence-corrected chi connectivity index (χ1v) is 10.9. The fourth-order valence-electron chi connectivity index (χ4n) is 2.83. The van der Waals surface area contributed by atoms with E-state index in [4.69, 9.17) is 4.74 Å². The van der Waals surface area contributed by atoms with Gasteiger partial charge in [-0.15, -0.1) is 11.3 Å². The first-order chi connectivity index (χ1) is 15.0. The van der Waals surface area contributed by atoms with Gasteiger partial charge in [0.05, 0.1) is 11.5 Å². The monoisotopic (exact) mass is 436 g/mol. The summed E-state index contributed by atoms with van der Waals surface area (Å²) in [5, 5.41) is 7.41. The molecular weight excluding hydrogens is 412 g/mol. The molecule has 0 aliphatic heterocycles. The van der Waals surface area contributed by atoms with Gasteiger partial charge in [-0.3, -0.25) is 14.4 Å². The van der Waals surface area contributed by atoms with E-state index in [0.29, 0.717) is 28.4 Å². The number of thiophene rings is 1. The standard InChI is InChI=1S/C24H24N2O4S/c1-2-14-30-20-10-8-17(9-11-20)21(27)12-13-23(28)25-18-5-3-6-19(16-18)26-24(29)22-7-4-15-31-22/h3-11,15-16H,2,12-14H2,1H3,(H,25,28)(H,26,29). The zero-order chi connectivity index (χ0) is 22.1. The molecule has 2 N–H and O–H groups in total.